The van der Waals surface area contributed by atoms with Gasteiger partial charge < -0.3 is 5.11 Å². The number of rotatable bonds is 6. The molecule has 0 aliphatic rings. The van der Waals surface area contributed by atoms with E-state index in [2.05, 4.69) is 13.8 Å². The van der Waals surface area contributed by atoms with Crippen LogP contribution in [0, 0.1) is 26.2 Å². The molecule has 0 bridgehead atoms. The molecule has 4 radical (unpaired) electrons. The van der Waals surface area contributed by atoms with Gasteiger partial charge in [0, 0.05) is 0 Å². The first kappa shape index (κ1) is 11.0. The Hall–Kier alpha value is -0.0400. The standard InChI is InChI=1S/C10H18O/c1-4-6-8-10(3,11)9-7-5-2/h4,6,8,11H,1,5,7,9H2,2-3H3/t10-/m0/s1. The third-order valence-corrected chi connectivity index (χ3v) is 1.63. The van der Waals surface area contributed by atoms with E-state index in [1.165, 1.54) is 0 Å². The van der Waals surface area contributed by atoms with Crippen molar-refractivity contribution in [3.8, 4) is 0 Å². The minimum absolute atomic E-state index is 0.649. The van der Waals surface area contributed by atoms with Crippen LogP contribution < -0.4 is 0 Å². The molecule has 0 spiro atoms. The molecule has 0 amide bonds. The molecule has 0 aliphatic heterocycles. The largest absolute Gasteiger partial charge is 0.390 e. The van der Waals surface area contributed by atoms with E-state index >= 15 is 0 Å². The lowest BCUT2D eigenvalue weighted by Gasteiger charge is -2.21. The summed E-state index contributed by atoms with van der Waals surface area (Å²) in [4.78, 5) is 0. The molecule has 1 atom stereocenters. The third kappa shape index (κ3) is 6.36. The normalized spacial score (nSPS) is 12.0. The Morgan fingerprint density at radius 3 is 2.64 bits per heavy atom. The molecule has 0 heterocycles. The van der Waals surface area contributed by atoms with Crippen LogP contribution in [0.4, 0.5) is 0 Å². The molecule has 0 saturated carbocycles. The third-order valence-electron chi connectivity index (χ3n) is 1.63. The molecule has 0 saturated heterocycles. The topological polar surface area (TPSA) is 20.2 Å². The van der Waals surface area contributed by atoms with Crippen LogP contribution in [0.5, 0.6) is 0 Å². The monoisotopic (exact) mass is 154 g/mol. The van der Waals surface area contributed by atoms with Gasteiger partial charge in [-0.05, 0) is 39.5 Å². The van der Waals surface area contributed by atoms with Gasteiger partial charge in [-0.1, -0.05) is 19.8 Å². The van der Waals surface area contributed by atoms with E-state index in [1.54, 1.807) is 19.3 Å². The van der Waals surface area contributed by atoms with Crippen LogP contribution in [-0.4, -0.2) is 10.7 Å². The highest BCUT2D eigenvalue weighted by molar-refractivity contribution is 5.06. The second kappa shape index (κ2) is 5.59. The first-order valence-electron chi connectivity index (χ1n) is 4.15. The van der Waals surface area contributed by atoms with E-state index < -0.39 is 5.60 Å². The van der Waals surface area contributed by atoms with E-state index in [0.29, 0.717) is 0 Å². The molecule has 11 heavy (non-hydrogen) atoms. The predicted molar refractivity (Wildman–Crippen MR) is 48.4 cm³/mol. The van der Waals surface area contributed by atoms with E-state index in [4.69, 9.17) is 0 Å². The summed E-state index contributed by atoms with van der Waals surface area (Å²) >= 11 is 0. The summed E-state index contributed by atoms with van der Waals surface area (Å²) < 4.78 is 0. The van der Waals surface area contributed by atoms with Gasteiger partial charge in [0.15, 0.2) is 0 Å². The van der Waals surface area contributed by atoms with Crippen molar-refractivity contribution in [2.75, 3.05) is 0 Å². The summed E-state index contributed by atoms with van der Waals surface area (Å²) in [7, 11) is 0. The smallest absolute Gasteiger partial charge is 0.0654 e. The van der Waals surface area contributed by atoms with Gasteiger partial charge in [-0.2, -0.15) is 0 Å². The first-order valence-corrected chi connectivity index (χ1v) is 4.15. The highest BCUT2D eigenvalue weighted by atomic mass is 16.3. The van der Waals surface area contributed by atoms with Crippen molar-refractivity contribution in [1.82, 2.24) is 0 Å². The summed E-state index contributed by atoms with van der Waals surface area (Å²) in [5.74, 6) is 0. The maximum absolute atomic E-state index is 9.64. The van der Waals surface area contributed by atoms with Crippen molar-refractivity contribution in [1.29, 1.82) is 0 Å². The molecule has 0 rings (SSSR count). The number of hydrogen-bond acceptors (Lipinski definition) is 1. The van der Waals surface area contributed by atoms with E-state index in [-0.39, 0.29) is 0 Å². The molecule has 0 fully saturated rings. The van der Waals surface area contributed by atoms with Crippen LogP contribution in [0.1, 0.15) is 33.1 Å². The molecular weight excluding hydrogens is 136 g/mol. The second-order valence-electron chi connectivity index (χ2n) is 3.06. The van der Waals surface area contributed by atoms with Gasteiger partial charge in [0.25, 0.3) is 0 Å². The van der Waals surface area contributed by atoms with Crippen molar-refractivity contribution in [3.63, 3.8) is 0 Å². The van der Waals surface area contributed by atoms with Crippen molar-refractivity contribution >= 4 is 0 Å². The van der Waals surface area contributed by atoms with Gasteiger partial charge in [-0.3, -0.25) is 0 Å². The van der Waals surface area contributed by atoms with Crippen LogP contribution in [0.3, 0.4) is 0 Å². The highest BCUT2D eigenvalue weighted by Crippen LogP contribution is 2.18. The van der Waals surface area contributed by atoms with Gasteiger partial charge in [0.05, 0.1) is 5.60 Å². The summed E-state index contributed by atoms with van der Waals surface area (Å²) in [5, 5.41) is 9.64. The summed E-state index contributed by atoms with van der Waals surface area (Å²) in [6.07, 6.45) is 8.27. The molecule has 64 valence electrons. The highest BCUT2D eigenvalue weighted by Gasteiger charge is 2.18. The molecule has 1 heteroatoms. The lowest BCUT2D eigenvalue weighted by Crippen LogP contribution is -2.24. The minimum atomic E-state index is -0.649. The second-order valence-corrected chi connectivity index (χ2v) is 3.06. The SMILES string of the molecule is [CH2][CH][CH][CH][C@](C)(O)CCCC. The zero-order chi connectivity index (χ0) is 8.74. The minimum Gasteiger partial charge on any atom is -0.390 e. The fourth-order valence-corrected chi connectivity index (χ4v) is 0.893. The Morgan fingerprint density at radius 2 is 2.18 bits per heavy atom. The molecule has 0 aromatic heterocycles. The fraction of sp³-hybridized carbons (Fsp3) is 0.600. The lowest BCUT2D eigenvalue weighted by molar-refractivity contribution is 0.0847. The Morgan fingerprint density at radius 1 is 1.55 bits per heavy atom. The van der Waals surface area contributed by atoms with Gasteiger partial charge in [-0.25, -0.2) is 0 Å². The van der Waals surface area contributed by atoms with E-state index in [0.717, 1.165) is 19.3 Å². The molecular formula is C10H18O. The van der Waals surface area contributed by atoms with Crippen LogP contribution in [0.25, 0.3) is 0 Å². The Bertz CT molecular complexity index is 76.9. The molecule has 1 N–H and O–H groups in total. The Balaban J connectivity index is 3.43. The first-order chi connectivity index (χ1) is 5.12. The average molecular weight is 154 g/mol. The van der Waals surface area contributed by atoms with Gasteiger partial charge in [-0.15, -0.1) is 0 Å². The zero-order valence-electron chi connectivity index (χ0n) is 7.51. The maximum atomic E-state index is 9.64. The quantitative estimate of drug-likeness (QED) is 0.622. The number of aliphatic hydroxyl groups is 1. The maximum Gasteiger partial charge on any atom is 0.0654 e. The van der Waals surface area contributed by atoms with E-state index in [9.17, 15) is 5.11 Å². The van der Waals surface area contributed by atoms with Gasteiger partial charge >= 0.3 is 0 Å². The molecule has 0 unspecified atom stereocenters. The summed E-state index contributed by atoms with van der Waals surface area (Å²) in [5.41, 5.74) is -0.649. The molecule has 0 aliphatic carbocycles. The van der Waals surface area contributed by atoms with Crippen LogP contribution in [0.15, 0.2) is 0 Å². The van der Waals surface area contributed by atoms with Crippen molar-refractivity contribution in [2.24, 2.45) is 0 Å². The summed E-state index contributed by atoms with van der Waals surface area (Å²) in [6, 6.07) is 0. The van der Waals surface area contributed by atoms with E-state index in [1.807, 2.05) is 6.92 Å². The van der Waals surface area contributed by atoms with Gasteiger partial charge in [0.1, 0.15) is 0 Å². The Kier molecular flexibility index (Phi) is 5.57. The molecule has 1 nitrogen and oxygen atoms in total. The average Bonchev–Trinajstić information content (AvgIpc) is 1.97. The number of unbranched alkanes of at least 4 members (excludes halogenated alkanes) is 2. The summed E-state index contributed by atoms with van der Waals surface area (Å²) in [6.45, 7) is 7.49. The zero-order valence-corrected chi connectivity index (χ0v) is 7.51. The fourth-order valence-electron chi connectivity index (χ4n) is 0.893. The predicted octanol–water partition coefficient (Wildman–Crippen LogP) is 2.37. The van der Waals surface area contributed by atoms with Crippen LogP contribution in [0.2, 0.25) is 0 Å². The van der Waals surface area contributed by atoms with Crippen molar-refractivity contribution < 1.29 is 5.11 Å². The van der Waals surface area contributed by atoms with Crippen molar-refractivity contribution in [2.45, 2.75) is 38.7 Å². The van der Waals surface area contributed by atoms with Crippen LogP contribution >= 0.6 is 0 Å². The molecule has 0 aromatic rings. The number of hydrogen-bond donors (Lipinski definition) is 1. The molecule has 0 aromatic carbocycles. The van der Waals surface area contributed by atoms with Crippen LogP contribution in [-0.2, 0) is 0 Å². The van der Waals surface area contributed by atoms with Crippen molar-refractivity contribution in [3.05, 3.63) is 26.2 Å². The lowest BCUT2D eigenvalue weighted by atomic mass is 9.93. The Labute approximate surface area is 70.8 Å². The van der Waals surface area contributed by atoms with Gasteiger partial charge in [0.2, 0.25) is 0 Å².